The first-order valence-electron chi connectivity index (χ1n) is 7.04. The second-order valence-corrected chi connectivity index (χ2v) is 4.76. The molecule has 0 bridgehead atoms. The first kappa shape index (κ1) is 13.9. The number of benzene rings is 1. The van der Waals surface area contributed by atoms with E-state index in [1.807, 2.05) is 6.07 Å². The van der Waals surface area contributed by atoms with Crippen molar-refractivity contribution >= 4 is 11.7 Å². The Morgan fingerprint density at radius 3 is 2.53 bits per heavy atom. The summed E-state index contributed by atoms with van der Waals surface area (Å²) in [7, 11) is 0. The maximum Gasteiger partial charge on any atom is 0.321 e. The predicted octanol–water partition coefficient (Wildman–Crippen LogP) is 3.07. The number of anilines is 1. The Bertz CT molecular complexity index is 418. The summed E-state index contributed by atoms with van der Waals surface area (Å²) in [6, 6.07) is 5.98. The minimum Gasteiger partial charge on any atom is -0.358 e. The van der Waals surface area contributed by atoms with Crippen molar-refractivity contribution < 1.29 is 9.53 Å². The molecule has 1 aromatic carbocycles. The highest BCUT2D eigenvalue weighted by Gasteiger charge is 2.18. The van der Waals surface area contributed by atoms with Crippen LogP contribution in [0.2, 0.25) is 0 Å². The minimum atomic E-state index is -0.178. The second kappa shape index (κ2) is 6.57. The van der Waals surface area contributed by atoms with Gasteiger partial charge in [0.05, 0.1) is 0 Å². The van der Waals surface area contributed by atoms with Crippen LogP contribution in [-0.2, 0) is 17.6 Å². The number of carbonyl (C=O) groups excluding carboxylic acids is 1. The van der Waals surface area contributed by atoms with E-state index in [0.29, 0.717) is 0 Å². The number of urea groups is 1. The van der Waals surface area contributed by atoms with Gasteiger partial charge in [0, 0.05) is 12.3 Å². The molecule has 1 saturated heterocycles. The molecule has 0 saturated carbocycles. The van der Waals surface area contributed by atoms with Gasteiger partial charge < -0.3 is 15.4 Å². The van der Waals surface area contributed by atoms with Gasteiger partial charge in [-0.3, -0.25) is 0 Å². The van der Waals surface area contributed by atoms with Crippen LogP contribution < -0.4 is 10.6 Å². The van der Waals surface area contributed by atoms with Crippen LogP contribution in [-0.4, -0.2) is 18.9 Å². The molecule has 1 fully saturated rings. The molecule has 2 rings (SSSR count). The van der Waals surface area contributed by atoms with Gasteiger partial charge >= 0.3 is 6.03 Å². The summed E-state index contributed by atoms with van der Waals surface area (Å²) in [6.45, 7) is 4.92. The van der Waals surface area contributed by atoms with Crippen molar-refractivity contribution in [3.05, 3.63) is 29.3 Å². The Hall–Kier alpha value is -1.55. The molecule has 19 heavy (non-hydrogen) atoms. The molecule has 4 heteroatoms. The minimum absolute atomic E-state index is 0.140. The van der Waals surface area contributed by atoms with Crippen molar-refractivity contribution in [2.45, 2.75) is 45.8 Å². The van der Waals surface area contributed by atoms with Crippen LogP contribution in [0.1, 0.15) is 37.8 Å². The molecule has 2 amide bonds. The van der Waals surface area contributed by atoms with E-state index in [-0.39, 0.29) is 12.3 Å². The van der Waals surface area contributed by atoms with Gasteiger partial charge in [-0.05, 0) is 36.8 Å². The monoisotopic (exact) mass is 262 g/mol. The lowest BCUT2D eigenvalue weighted by molar-refractivity contribution is 0.0928. The number of nitrogens with one attached hydrogen (secondary N) is 2. The van der Waals surface area contributed by atoms with E-state index in [2.05, 4.69) is 36.6 Å². The quantitative estimate of drug-likeness (QED) is 0.876. The lowest BCUT2D eigenvalue weighted by Crippen LogP contribution is -2.37. The number of aryl methyl sites for hydroxylation is 2. The number of carbonyl (C=O) groups is 1. The predicted molar refractivity (Wildman–Crippen MR) is 76.3 cm³/mol. The van der Waals surface area contributed by atoms with E-state index < -0.39 is 0 Å². The number of para-hydroxylation sites is 1. The van der Waals surface area contributed by atoms with Crippen LogP contribution in [0.5, 0.6) is 0 Å². The summed E-state index contributed by atoms with van der Waals surface area (Å²) >= 11 is 0. The zero-order valence-electron chi connectivity index (χ0n) is 11.7. The fourth-order valence-electron chi connectivity index (χ4n) is 2.39. The fraction of sp³-hybridized carbons (Fsp3) is 0.533. The molecule has 0 aliphatic carbocycles. The Labute approximate surface area is 114 Å². The summed E-state index contributed by atoms with van der Waals surface area (Å²) < 4.78 is 5.40. The SMILES string of the molecule is CCc1cccc(CC)c1NC(=O)NC1CCCO1. The highest BCUT2D eigenvalue weighted by atomic mass is 16.5. The van der Waals surface area contributed by atoms with Crippen LogP contribution in [0.15, 0.2) is 18.2 Å². The number of hydrogen-bond acceptors (Lipinski definition) is 2. The van der Waals surface area contributed by atoms with E-state index in [4.69, 9.17) is 4.74 Å². The summed E-state index contributed by atoms with van der Waals surface area (Å²) in [5, 5.41) is 5.84. The average Bonchev–Trinajstić information content (AvgIpc) is 2.91. The largest absolute Gasteiger partial charge is 0.358 e. The van der Waals surface area contributed by atoms with Gasteiger partial charge in [0.2, 0.25) is 0 Å². The van der Waals surface area contributed by atoms with Crippen molar-refractivity contribution in [2.75, 3.05) is 11.9 Å². The maximum atomic E-state index is 12.0. The highest BCUT2D eigenvalue weighted by Crippen LogP contribution is 2.22. The van der Waals surface area contributed by atoms with E-state index in [9.17, 15) is 4.79 Å². The zero-order valence-corrected chi connectivity index (χ0v) is 11.7. The molecule has 4 nitrogen and oxygen atoms in total. The van der Waals surface area contributed by atoms with Crippen LogP contribution in [0.4, 0.5) is 10.5 Å². The molecule has 1 aliphatic heterocycles. The Morgan fingerprint density at radius 1 is 1.32 bits per heavy atom. The smallest absolute Gasteiger partial charge is 0.321 e. The molecule has 0 radical (unpaired) electrons. The van der Waals surface area contributed by atoms with E-state index in [0.717, 1.165) is 38.0 Å². The van der Waals surface area contributed by atoms with Gasteiger partial charge in [-0.2, -0.15) is 0 Å². The van der Waals surface area contributed by atoms with Gasteiger partial charge in [0.25, 0.3) is 0 Å². The Kier molecular flexibility index (Phi) is 4.80. The van der Waals surface area contributed by atoms with E-state index >= 15 is 0 Å². The molecular formula is C15H22N2O2. The normalized spacial score (nSPS) is 18.3. The molecule has 104 valence electrons. The lowest BCUT2D eigenvalue weighted by Gasteiger charge is -2.17. The molecule has 0 spiro atoms. The Balaban J connectivity index is 2.06. The van der Waals surface area contributed by atoms with E-state index in [1.165, 1.54) is 11.1 Å². The van der Waals surface area contributed by atoms with Crippen molar-refractivity contribution in [2.24, 2.45) is 0 Å². The molecule has 1 unspecified atom stereocenters. The highest BCUT2D eigenvalue weighted by molar-refractivity contribution is 5.91. The molecule has 2 N–H and O–H groups in total. The van der Waals surface area contributed by atoms with Crippen molar-refractivity contribution in [1.82, 2.24) is 5.32 Å². The summed E-state index contributed by atoms with van der Waals surface area (Å²) in [4.78, 5) is 12.0. The topological polar surface area (TPSA) is 50.4 Å². The number of ether oxygens (including phenoxy) is 1. The first-order valence-corrected chi connectivity index (χ1v) is 7.04. The molecule has 0 aromatic heterocycles. The zero-order chi connectivity index (χ0) is 13.7. The molecule has 1 atom stereocenters. The van der Waals surface area contributed by atoms with Crippen molar-refractivity contribution in [3.8, 4) is 0 Å². The van der Waals surface area contributed by atoms with Gasteiger partial charge in [0.15, 0.2) is 0 Å². The van der Waals surface area contributed by atoms with Crippen molar-refractivity contribution in [3.63, 3.8) is 0 Å². The van der Waals surface area contributed by atoms with Gasteiger partial charge in [-0.15, -0.1) is 0 Å². The van der Waals surface area contributed by atoms with Gasteiger partial charge in [-0.1, -0.05) is 32.0 Å². The first-order chi connectivity index (χ1) is 9.24. The molecule has 1 heterocycles. The summed E-state index contributed by atoms with van der Waals surface area (Å²) in [5.41, 5.74) is 3.28. The molecular weight excluding hydrogens is 240 g/mol. The third-order valence-electron chi connectivity index (χ3n) is 3.46. The third-order valence-corrected chi connectivity index (χ3v) is 3.46. The van der Waals surface area contributed by atoms with Crippen LogP contribution >= 0.6 is 0 Å². The summed E-state index contributed by atoms with van der Waals surface area (Å²) in [5.74, 6) is 0. The van der Waals surface area contributed by atoms with Gasteiger partial charge in [0.1, 0.15) is 6.23 Å². The maximum absolute atomic E-state index is 12.0. The third kappa shape index (κ3) is 3.47. The van der Waals surface area contributed by atoms with Crippen LogP contribution in [0.3, 0.4) is 0 Å². The molecule has 1 aliphatic rings. The Morgan fingerprint density at radius 2 is 2.00 bits per heavy atom. The second-order valence-electron chi connectivity index (χ2n) is 4.76. The number of hydrogen-bond donors (Lipinski definition) is 2. The number of amides is 2. The van der Waals surface area contributed by atoms with Gasteiger partial charge in [-0.25, -0.2) is 4.79 Å². The number of rotatable bonds is 4. The lowest BCUT2D eigenvalue weighted by atomic mass is 10.0. The van der Waals surface area contributed by atoms with Crippen molar-refractivity contribution in [1.29, 1.82) is 0 Å². The molecule has 1 aromatic rings. The average molecular weight is 262 g/mol. The van der Waals surface area contributed by atoms with Crippen LogP contribution in [0, 0.1) is 0 Å². The standard InChI is InChI=1S/C15H22N2O2/c1-3-11-7-5-8-12(4-2)14(11)17-15(18)16-13-9-6-10-19-13/h5,7-8,13H,3-4,6,9-10H2,1-2H3,(H2,16,17,18). The van der Waals surface area contributed by atoms with Crippen LogP contribution in [0.25, 0.3) is 0 Å². The fourth-order valence-corrected chi connectivity index (χ4v) is 2.39. The van der Waals surface area contributed by atoms with E-state index in [1.54, 1.807) is 0 Å². The summed E-state index contributed by atoms with van der Waals surface area (Å²) in [6.07, 6.45) is 3.58.